The largest absolute Gasteiger partial charge is 0.423 e. The topological polar surface area (TPSA) is 63.7 Å². The molecule has 5 nitrogen and oxygen atoms in total. The minimum Gasteiger partial charge on any atom is -0.423 e. The van der Waals surface area contributed by atoms with Gasteiger partial charge in [0.25, 0.3) is 0 Å². The number of sulfonamides is 1. The van der Waals surface area contributed by atoms with Crippen LogP contribution < -0.4 is 4.74 Å². The quantitative estimate of drug-likeness (QED) is 0.594. The first kappa shape index (κ1) is 18.2. The number of hydrogen-bond donors (Lipinski definition) is 0. The van der Waals surface area contributed by atoms with Crippen molar-refractivity contribution in [3.63, 3.8) is 0 Å². The number of esters is 1. The summed E-state index contributed by atoms with van der Waals surface area (Å²) in [6, 6.07) is 13.0. The maximum Gasteiger partial charge on any atom is 0.343 e. The molecule has 2 rings (SSSR count). The number of rotatable bonds is 6. The van der Waals surface area contributed by atoms with Crippen molar-refractivity contribution in [2.45, 2.75) is 25.7 Å². The summed E-state index contributed by atoms with van der Waals surface area (Å²) in [6.07, 6.45) is 0. The second-order valence-electron chi connectivity index (χ2n) is 5.32. The van der Waals surface area contributed by atoms with Gasteiger partial charge >= 0.3 is 5.97 Å². The zero-order valence-electron chi connectivity index (χ0n) is 14.0. The summed E-state index contributed by atoms with van der Waals surface area (Å²) >= 11 is 0. The molecular formula is C18H21NO4S. The van der Waals surface area contributed by atoms with Crippen molar-refractivity contribution >= 4 is 16.0 Å². The fourth-order valence-corrected chi connectivity index (χ4v) is 3.85. The van der Waals surface area contributed by atoms with Gasteiger partial charge in [0.2, 0.25) is 10.0 Å². The Hall–Kier alpha value is -2.18. The van der Waals surface area contributed by atoms with Crippen LogP contribution in [0.1, 0.15) is 29.8 Å². The van der Waals surface area contributed by atoms with Crippen LogP contribution in [0.2, 0.25) is 0 Å². The Labute approximate surface area is 142 Å². The van der Waals surface area contributed by atoms with Gasteiger partial charge in [-0.3, -0.25) is 0 Å². The van der Waals surface area contributed by atoms with Crippen LogP contribution in [0.3, 0.4) is 0 Å². The Bertz CT molecular complexity index is 826. The first-order valence-corrected chi connectivity index (χ1v) is 9.21. The molecule has 0 radical (unpaired) electrons. The summed E-state index contributed by atoms with van der Waals surface area (Å²) in [5.74, 6) is -0.158. The second kappa shape index (κ2) is 7.59. The SMILES string of the molecule is CCN(CC)S(=O)(=O)c1cccc(C(=O)Oc2cccc(C)c2)c1. The first-order valence-electron chi connectivity index (χ1n) is 7.77. The molecule has 24 heavy (non-hydrogen) atoms. The molecule has 0 saturated carbocycles. The number of hydrogen-bond acceptors (Lipinski definition) is 4. The smallest absolute Gasteiger partial charge is 0.343 e. The summed E-state index contributed by atoms with van der Waals surface area (Å²) in [5.41, 5.74) is 1.17. The third-order valence-corrected chi connectivity index (χ3v) is 5.66. The fraction of sp³-hybridized carbons (Fsp3) is 0.278. The van der Waals surface area contributed by atoms with E-state index in [1.54, 1.807) is 44.2 Å². The maximum atomic E-state index is 12.5. The van der Waals surface area contributed by atoms with Gasteiger partial charge < -0.3 is 4.74 Å². The van der Waals surface area contributed by atoms with Gasteiger partial charge in [0.05, 0.1) is 10.5 Å². The van der Waals surface area contributed by atoms with Gasteiger partial charge in [0.1, 0.15) is 5.75 Å². The number of benzene rings is 2. The lowest BCUT2D eigenvalue weighted by molar-refractivity contribution is 0.0734. The van der Waals surface area contributed by atoms with Gasteiger partial charge in [-0.05, 0) is 42.8 Å². The third-order valence-electron chi connectivity index (χ3n) is 3.61. The zero-order chi connectivity index (χ0) is 17.7. The molecule has 6 heteroatoms. The Morgan fingerprint density at radius 1 is 1.04 bits per heavy atom. The molecule has 2 aromatic rings. The highest BCUT2D eigenvalue weighted by Crippen LogP contribution is 2.19. The lowest BCUT2D eigenvalue weighted by Crippen LogP contribution is -2.30. The number of aryl methyl sites for hydroxylation is 1. The van der Waals surface area contributed by atoms with Gasteiger partial charge in [0.15, 0.2) is 0 Å². The number of ether oxygens (including phenoxy) is 1. The molecule has 0 saturated heterocycles. The lowest BCUT2D eigenvalue weighted by atomic mass is 10.2. The molecule has 128 valence electrons. The standard InChI is InChI=1S/C18H21NO4S/c1-4-19(5-2)24(21,22)17-11-7-9-15(13-17)18(20)23-16-10-6-8-14(3)12-16/h6-13H,4-5H2,1-3H3. The molecule has 0 bridgehead atoms. The Morgan fingerprint density at radius 2 is 1.71 bits per heavy atom. The minimum absolute atomic E-state index is 0.0879. The average molecular weight is 347 g/mol. The monoisotopic (exact) mass is 347 g/mol. The highest BCUT2D eigenvalue weighted by molar-refractivity contribution is 7.89. The molecule has 0 heterocycles. The van der Waals surface area contributed by atoms with Crippen molar-refractivity contribution in [2.75, 3.05) is 13.1 Å². The molecule has 2 aromatic carbocycles. The van der Waals surface area contributed by atoms with E-state index >= 15 is 0 Å². The molecule has 0 atom stereocenters. The molecule has 0 aliphatic carbocycles. The summed E-state index contributed by atoms with van der Waals surface area (Å²) in [5, 5.41) is 0. The predicted octanol–water partition coefficient (Wildman–Crippen LogP) is 3.24. The highest BCUT2D eigenvalue weighted by atomic mass is 32.2. The molecule has 0 N–H and O–H groups in total. The van der Waals surface area contributed by atoms with Gasteiger partial charge in [-0.1, -0.05) is 32.0 Å². The van der Waals surface area contributed by atoms with Gasteiger partial charge in [-0.25, -0.2) is 13.2 Å². The van der Waals surface area contributed by atoms with E-state index in [1.165, 1.54) is 16.4 Å². The molecule has 0 fully saturated rings. The third kappa shape index (κ3) is 4.01. The van der Waals surface area contributed by atoms with Crippen LogP contribution >= 0.6 is 0 Å². The molecular weight excluding hydrogens is 326 g/mol. The molecule has 0 aliphatic heterocycles. The summed E-state index contributed by atoms with van der Waals surface area (Å²) in [6.45, 7) is 6.19. The Morgan fingerprint density at radius 3 is 2.33 bits per heavy atom. The van der Waals surface area contributed by atoms with Gasteiger partial charge in [-0.2, -0.15) is 4.31 Å². The fourth-order valence-electron chi connectivity index (χ4n) is 2.34. The number of carbonyl (C=O) groups is 1. The number of carbonyl (C=O) groups excluding carboxylic acids is 1. The molecule has 0 unspecified atom stereocenters. The summed E-state index contributed by atoms with van der Waals surface area (Å²) in [7, 11) is -3.61. The van der Waals surface area contributed by atoms with Crippen LogP contribution in [0.4, 0.5) is 0 Å². The first-order chi connectivity index (χ1) is 11.4. The van der Waals surface area contributed by atoms with E-state index in [2.05, 4.69) is 0 Å². The van der Waals surface area contributed by atoms with Crippen LogP contribution in [0, 0.1) is 6.92 Å². The number of nitrogens with zero attached hydrogens (tertiary/aromatic N) is 1. The minimum atomic E-state index is -3.61. The van der Waals surface area contributed by atoms with Crippen molar-refractivity contribution < 1.29 is 17.9 Å². The second-order valence-corrected chi connectivity index (χ2v) is 7.26. The van der Waals surface area contributed by atoms with Crippen molar-refractivity contribution in [2.24, 2.45) is 0 Å². The predicted molar refractivity (Wildman–Crippen MR) is 92.7 cm³/mol. The normalized spacial score (nSPS) is 11.5. The van der Waals surface area contributed by atoms with E-state index in [0.717, 1.165) is 5.56 Å². The maximum absolute atomic E-state index is 12.5. The molecule has 0 aromatic heterocycles. The van der Waals surface area contributed by atoms with E-state index in [1.807, 2.05) is 13.0 Å². The summed E-state index contributed by atoms with van der Waals surface area (Å²) < 4.78 is 31.8. The van der Waals surface area contributed by atoms with Crippen LogP contribution in [0.5, 0.6) is 5.75 Å². The molecule has 0 spiro atoms. The molecule has 0 amide bonds. The van der Waals surface area contributed by atoms with Gasteiger partial charge in [0, 0.05) is 13.1 Å². The van der Waals surface area contributed by atoms with Crippen LogP contribution in [0.15, 0.2) is 53.4 Å². The van der Waals surface area contributed by atoms with Crippen molar-refractivity contribution in [3.05, 3.63) is 59.7 Å². The van der Waals surface area contributed by atoms with Crippen molar-refractivity contribution in [1.82, 2.24) is 4.31 Å². The highest BCUT2D eigenvalue weighted by Gasteiger charge is 2.22. The Balaban J connectivity index is 2.28. The van der Waals surface area contributed by atoms with Crippen LogP contribution in [-0.2, 0) is 10.0 Å². The van der Waals surface area contributed by atoms with Gasteiger partial charge in [-0.15, -0.1) is 0 Å². The lowest BCUT2D eigenvalue weighted by Gasteiger charge is -2.18. The zero-order valence-corrected chi connectivity index (χ0v) is 14.8. The average Bonchev–Trinajstić information content (AvgIpc) is 2.56. The van der Waals surface area contributed by atoms with Crippen LogP contribution in [-0.4, -0.2) is 31.8 Å². The Kier molecular flexibility index (Phi) is 5.75. The van der Waals surface area contributed by atoms with E-state index in [9.17, 15) is 13.2 Å². The van der Waals surface area contributed by atoms with E-state index in [-0.39, 0.29) is 10.5 Å². The molecule has 0 aliphatic rings. The van der Waals surface area contributed by atoms with Crippen molar-refractivity contribution in [3.8, 4) is 5.75 Å². The summed E-state index contributed by atoms with van der Waals surface area (Å²) in [4.78, 5) is 12.4. The van der Waals surface area contributed by atoms with Crippen molar-refractivity contribution in [1.29, 1.82) is 0 Å². The van der Waals surface area contributed by atoms with Crippen LogP contribution in [0.25, 0.3) is 0 Å². The van der Waals surface area contributed by atoms with E-state index < -0.39 is 16.0 Å². The van der Waals surface area contributed by atoms with E-state index in [4.69, 9.17) is 4.74 Å². The van der Waals surface area contributed by atoms with E-state index in [0.29, 0.717) is 18.8 Å².